The molecular weight excluding hydrogens is 266 g/mol. The number of carbonyl (C=O) groups excluding carboxylic acids is 1. The number of amides is 1. The summed E-state index contributed by atoms with van der Waals surface area (Å²) in [6.07, 6.45) is -9.33. The van der Waals surface area contributed by atoms with Gasteiger partial charge in [-0.25, -0.2) is 0 Å². The predicted molar refractivity (Wildman–Crippen MR) is 49.4 cm³/mol. The Bertz CT molecular complexity index is 331. The molecule has 0 aromatic carbocycles. The quantitative estimate of drug-likeness (QED) is 0.800. The SMILES string of the molecule is CC(N)(C(=O)N(CC(F)(F)F)C1CC1)C(F)(F)F. The molecule has 9 heteroatoms. The summed E-state index contributed by atoms with van der Waals surface area (Å²) in [5.74, 6) is -1.74. The zero-order chi connectivity index (χ0) is 14.4. The third kappa shape index (κ3) is 3.27. The molecule has 18 heavy (non-hydrogen) atoms. The van der Waals surface area contributed by atoms with E-state index in [2.05, 4.69) is 0 Å². The van der Waals surface area contributed by atoms with Gasteiger partial charge in [-0.2, -0.15) is 26.3 Å². The molecule has 0 aromatic rings. The van der Waals surface area contributed by atoms with Gasteiger partial charge in [0.15, 0.2) is 5.54 Å². The van der Waals surface area contributed by atoms with Crippen molar-refractivity contribution in [1.29, 1.82) is 0 Å². The number of carbonyl (C=O) groups is 1. The summed E-state index contributed by atoms with van der Waals surface area (Å²) in [7, 11) is 0. The van der Waals surface area contributed by atoms with Crippen LogP contribution in [0.25, 0.3) is 0 Å². The molecule has 0 radical (unpaired) electrons. The molecule has 1 saturated carbocycles. The van der Waals surface area contributed by atoms with Crippen molar-refractivity contribution in [3.8, 4) is 0 Å². The second kappa shape index (κ2) is 4.29. The third-order valence-electron chi connectivity index (χ3n) is 2.63. The Balaban J connectivity index is 2.90. The van der Waals surface area contributed by atoms with Gasteiger partial charge in [0.05, 0.1) is 0 Å². The highest BCUT2D eigenvalue weighted by molar-refractivity contribution is 5.87. The van der Waals surface area contributed by atoms with Crippen LogP contribution in [0.15, 0.2) is 0 Å². The molecule has 1 atom stereocenters. The fourth-order valence-corrected chi connectivity index (χ4v) is 1.37. The van der Waals surface area contributed by atoms with Crippen molar-refractivity contribution in [2.24, 2.45) is 5.73 Å². The molecule has 2 N–H and O–H groups in total. The summed E-state index contributed by atoms with van der Waals surface area (Å²) in [5, 5.41) is 0. The number of nitrogens with zero attached hydrogens (tertiary/aromatic N) is 1. The van der Waals surface area contributed by atoms with Crippen molar-refractivity contribution in [2.45, 2.75) is 43.7 Å². The Labute approximate surface area is 98.9 Å². The average molecular weight is 278 g/mol. The molecular formula is C9H12F6N2O. The van der Waals surface area contributed by atoms with Crippen molar-refractivity contribution in [3.05, 3.63) is 0 Å². The summed E-state index contributed by atoms with van der Waals surface area (Å²) >= 11 is 0. The van der Waals surface area contributed by atoms with Gasteiger partial charge >= 0.3 is 12.4 Å². The van der Waals surface area contributed by atoms with Crippen LogP contribution in [-0.4, -0.2) is 41.3 Å². The molecule has 0 spiro atoms. The Morgan fingerprint density at radius 3 is 1.94 bits per heavy atom. The van der Waals surface area contributed by atoms with E-state index in [4.69, 9.17) is 5.73 Å². The van der Waals surface area contributed by atoms with E-state index in [1.807, 2.05) is 0 Å². The molecule has 1 aliphatic carbocycles. The van der Waals surface area contributed by atoms with Crippen LogP contribution in [0.1, 0.15) is 19.8 Å². The summed E-state index contributed by atoms with van der Waals surface area (Å²) in [4.78, 5) is 11.7. The second-order valence-electron chi connectivity index (χ2n) is 4.48. The van der Waals surface area contributed by atoms with Crippen LogP contribution in [0.3, 0.4) is 0 Å². The molecule has 1 aliphatic rings. The minimum atomic E-state index is -5.09. The van der Waals surface area contributed by atoms with E-state index in [0.717, 1.165) is 0 Å². The maximum atomic E-state index is 12.5. The van der Waals surface area contributed by atoms with Gasteiger partial charge in [0.2, 0.25) is 0 Å². The van der Waals surface area contributed by atoms with E-state index in [0.29, 0.717) is 6.92 Å². The zero-order valence-electron chi connectivity index (χ0n) is 9.40. The first-order valence-electron chi connectivity index (χ1n) is 5.09. The second-order valence-corrected chi connectivity index (χ2v) is 4.48. The van der Waals surface area contributed by atoms with E-state index in [1.165, 1.54) is 0 Å². The topological polar surface area (TPSA) is 46.3 Å². The molecule has 1 fully saturated rings. The van der Waals surface area contributed by atoms with Gasteiger partial charge in [-0.05, 0) is 19.8 Å². The average Bonchev–Trinajstić information content (AvgIpc) is 2.92. The van der Waals surface area contributed by atoms with Gasteiger partial charge < -0.3 is 10.6 Å². The first-order valence-corrected chi connectivity index (χ1v) is 5.09. The summed E-state index contributed by atoms with van der Waals surface area (Å²) in [6, 6.07) is -0.802. The van der Waals surface area contributed by atoms with E-state index in [-0.39, 0.29) is 17.7 Å². The van der Waals surface area contributed by atoms with Gasteiger partial charge in [-0.15, -0.1) is 0 Å². The minimum absolute atomic E-state index is 0.174. The first kappa shape index (κ1) is 15.1. The third-order valence-corrected chi connectivity index (χ3v) is 2.63. The van der Waals surface area contributed by atoms with Crippen LogP contribution in [0.2, 0.25) is 0 Å². The van der Waals surface area contributed by atoms with Gasteiger partial charge in [0.25, 0.3) is 5.91 Å². The minimum Gasteiger partial charge on any atom is -0.329 e. The van der Waals surface area contributed by atoms with Crippen LogP contribution in [0, 0.1) is 0 Å². The molecule has 1 amide bonds. The van der Waals surface area contributed by atoms with Crippen LogP contribution in [0.4, 0.5) is 26.3 Å². The first-order chi connectivity index (χ1) is 7.86. The van der Waals surface area contributed by atoms with Crippen LogP contribution >= 0.6 is 0 Å². The molecule has 0 heterocycles. The molecule has 0 aromatic heterocycles. The Kier molecular flexibility index (Phi) is 3.59. The summed E-state index contributed by atoms with van der Waals surface area (Å²) in [5.41, 5.74) is 1.53. The molecule has 1 rings (SSSR count). The number of hydrogen-bond acceptors (Lipinski definition) is 2. The van der Waals surface area contributed by atoms with E-state index < -0.39 is 36.4 Å². The molecule has 0 saturated heterocycles. The molecule has 1 unspecified atom stereocenters. The van der Waals surface area contributed by atoms with E-state index in [9.17, 15) is 31.1 Å². The van der Waals surface area contributed by atoms with Crippen LogP contribution in [-0.2, 0) is 4.79 Å². The Hall–Kier alpha value is -0.990. The maximum Gasteiger partial charge on any atom is 0.415 e. The highest BCUT2D eigenvalue weighted by atomic mass is 19.4. The number of hydrogen-bond donors (Lipinski definition) is 1. The van der Waals surface area contributed by atoms with Crippen molar-refractivity contribution in [2.75, 3.05) is 6.54 Å². The zero-order valence-corrected chi connectivity index (χ0v) is 9.40. The van der Waals surface area contributed by atoms with Crippen molar-refractivity contribution >= 4 is 5.91 Å². The standard InChI is InChI=1S/C9H12F6N2O/c1-7(16,9(13,14)15)6(18)17(5-2-3-5)4-8(10,11)12/h5H,2-4,16H2,1H3. The van der Waals surface area contributed by atoms with E-state index >= 15 is 0 Å². The number of halogens is 6. The summed E-state index contributed by atoms with van der Waals surface area (Å²) in [6.45, 7) is -1.33. The largest absolute Gasteiger partial charge is 0.415 e. The lowest BCUT2D eigenvalue weighted by Crippen LogP contribution is -2.63. The monoisotopic (exact) mass is 278 g/mol. The van der Waals surface area contributed by atoms with Crippen molar-refractivity contribution < 1.29 is 31.1 Å². The normalized spacial score (nSPS) is 20.4. The van der Waals surface area contributed by atoms with Gasteiger partial charge in [-0.1, -0.05) is 0 Å². The van der Waals surface area contributed by atoms with Gasteiger partial charge in [0.1, 0.15) is 6.54 Å². The van der Waals surface area contributed by atoms with Crippen LogP contribution in [0.5, 0.6) is 0 Å². The van der Waals surface area contributed by atoms with Crippen molar-refractivity contribution in [3.63, 3.8) is 0 Å². The number of nitrogens with two attached hydrogens (primary N) is 1. The molecule has 3 nitrogen and oxygen atoms in total. The predicted octanol–water partition coefficient (Wildman–Crippen LogP) is 1.82. The molecule has 106 valence electrons. The lowest BCUT2D eigenvalue weighted by atomic mass is 10.0. The molecule has 0 bridgehead atoms. The van der Waals surface area contributed by atoms with Crippen molar-refractivity contribution in [1.82, 2.24) is 4.90 Å². The lowest BCUT2D eigenvalue weighted by molar-refractivity contribution is -0.202. The maximum absolute atomic E-state index is 12.5. The highest BCUT2D eigenvalue weighted by Crippen LogP contribution is 2.35. The van der Waals surface area contributed by atoms with Crippen LogP contribution < -0.4 is 5.73 Å². The number of rotatable bonds is 3. The van der Waals surface area contributed by atoms with Gasteiger partial charge in [-0.3, -0.25) is 4.79 Å². The lowest BCUT2D eigenvalue weighted by Gasteiger charge is -2.33. The van der Waals surface area contributed by atoms with Gasteiger partial charge in [0, 0.05) is 6.04 Å². The Morgan fingerprint density at radius 1 is 1.22 bits per heavy atom. The number of alkyl halides is 6. The molecule has 0 aliphatic heterocycles. The fourth-order valence-electron chi connectivity index (χ4n) is 1.37. The Morgan fingerprint density at radius 2 is 1.67 bits per heavy atom. The fraction of sp³-hybridized carbons (Fsp3) is 0.889. The highest BCUT2D eigenvalue weighted by Gasteiger charge is 2.57. The smallest absolute Gasteiger partial charge is 0.329 e. The summed E-state index contributed by atoms with van der Waals surface area (Å²) < 4.78 is 74.2. The van der Waals surface area contributed by atoms with E-state index in [1.54, 1.807) is 0 Å².